The fourth-order valence-electron chi connectivity index (χ4n) is 2.51. The molecule has 5 nitrogen and oxygen atoms in total. The smallest absolute Gasteiger partial charge is 0.132 e. The first-order valence-electron chi connectivity index (χ1n) is 7.23. The van der Waals surface area contributed by atoms with Gasteiger partial charge in [-0.25, -0.2) is 9.97 Å². The second-order valence-electron chi connectivity index (χ2n) is 5.50. The lowest BCUT2D eigenvalue weighted by atomic mass is 10.1. The van der Waals surface area contributed by atoms with Gasteiger partial charge in [-0.1, -0.05) is 12.8 Å². The van der Waals surface area contributed by atoms with Crippen LogP contribution < -0.4 is 16.4 Å². The van der Waals surface area contributed by atoms with E-state index in [1.54, 1.807) is 0 Å². The predicted octanol–water partition coefficient (Wildman–Crippen LogP) is 2.15. The van der Waals surface area contributed by atoms with Crippen molar-refractivity contribution in [3.63, 3.8) is 0 Å². The molecule has 1 atom stereocenters. The number of nitrogens with two attached hydrogens (primary N) is 1. The number of hydrogen-bond donors (Lipinski definition) is 3. The Morgan fingerprint density at radius 1 is 1.32 bits per heavy atom. The van der Waals surface area contributed by atoms with Crippen molar-refractivity contribution in [1.82, 2.24) is 9.97 Å². The lowest BCUT2D eigenvalue weighted by Gasteiger charge is -2.15. The van der Waals surface area contributed by atoms with Crippen molar-refractivity contribution in [2.75, 3.05) is 23.7 Å². The van der Waals surface area contributed by atoms with E-state index in [4.69, 9.17) is 5.73 Å². The maximum Gasteiger partial charge on any atom is 0.132 e. The Morgan fingerprint density at radius 2 is 2.00 bits per heavy atom. The van der Waals surface area contributed by atoms with Gasteiger partial charge < -0.3 is 16.4 Å². The van der Waals surface area contributed by atoms with Gasteiger partial charge in [-0.2, -0.15) is 0 Å². The zero-order valence-electron chi connectivity index (χ0n) is 11.9. The molecule has 0 radical (unpaired) electrons. The van der Waals surface area contributed by atoms with E-state index in [9.17, 15) is 0 Å². The first kappa shape index (κ1) is 14.1. The van der Waals surface area contributed by atoms with Crippen LogP contribution in [0.15, 0.2) is 6.07 Å². The minimum atomic E-state index is 0.219. The molecule has 1 aliphatic carbocycles. The van der Waals surface area contributed by atoms with Crippen molar-refractivity contribution in [3.8, 4) is 0 Å². The van der Waals surface area contributed by atoms with Crippen LogP contribution in [0.2, 0.25) is 0 Å². The Labute approximate surface area is 115 Å². The van der Waals surface area contributed by atoms with Crippen LogP contribution in [0.25, 0.3) is 0 Å². The molecular formula is C14H25N5. The number of nitrogens with zero attached hydrogens (tertiary/aromatic N) is 2. The minimum absolute atomic E-state index is 0.219. The third-order valence-corrected chi connectivity index (χ3v) is 3.63. The van der Waals surface area contributed by atoms with Crippen LogP contribution in [-0.2, 0) is 0 Å². The third-order valence-electron chi connectivity index (χ3n) is 3.63. The normalized spacial score (nSPS) is 17.4. The highest BCUT2D eigenvalue weighted by molar-refractivity contribution is 5.48. The first-order chi connectivity index (χ1) is 9.17. The fourth-order valence-corrected chi connectivity index (χ4v) is 2.51. The van der Waals surface area contributed by atoms with Gasteiger partial charge in [0.2, 0.25) is 0 Å². The lowest BCUT2D eigenvalue weighted by molar-refractivity contribution is 0.578. The number of aromatic nitrogens is 2. The lowest BCUT2D eigenvalue weighted by Crippen LogP contribution is -2.26. The van der Waals surface area contributed by atoms with E-state index in [-0.39, 0.29) is 6.04 Å². The summed E-state index contributed by atoms with van der Waals surface area (Å²) in [6.45, 7) is 5.57. The van der Waals surface area contributed by atoms with Crippen molar-refractivity contribution >= 4 is 11.6 Å². The van der Waals surface area contributed by atoms with E-state index >= 15 is 0 Å². The Morgan fingerprint density at radius 3 is 2.68 bits per heavy atom. The Hall–Kier alpha value is -1.36. The van der Waals surface area contributed by atoms with Gasteiger partial charge in [0, 0.05) is 25.2 Å². The molecule has 106 valence electrons. The highest BCUT2D eigenvalue weighted by Gasteiger charge is 2.15. The molecule has 1 saturated carbocycles. The molecule has 0 aliphatic heterocycles. The summed E-state index contributed by atoms with van der Waals surface area (Å²) in [5, 5.41) is 6.72. The van der Waals surface area contributed by atoms with E-state index in [1.165, 1.54) is 25.7 Å². The van der Waals surface area contributed by atoms with Crippen LogP contribution >= 0.6 is 0 Å². The number of hydrogen-bond acceptors (Lipinski definition) is 5. The van der Waals surface area contributed by atoms with Gasteiger partial charge in [-0.3, -0.25) is 0 Å². The van der Waals surface area contributed by atoms with Crippen molar-refractivity contribution in [2.24, 2.45) is 11.7 Å². The van der Waals surface area contributed by atoms with Gasteiger partial charge in [0.1, 0.15) is 17.5 Å². The summed E-state index contributed by atoms with van der Waals surface area (Å²) in [6, 6.07) is 2.19. The van der Waals surface area contributed by atoms with E-state index in [0.29, 0.717) is 6.54 Å². The molecular weight excluding hydrogens is 238 g/mol. The zero-order valence-corrected chi connectivity index (χ0v) is 11.9. The second kappa shape index (κ2) is 6.70. The van der Waals surface area contributed by atoms with Crippen LogP contribution in [0, 0.1) is 12.8 Å². The summed E-state index contributed by atoms with van der Waals surface area (Å²) < 4.78 is 0. The number of anilines is 2. The third kappa shape index (κ3) is 4.35. The second-order valence-corrected chi connectivity index (χ2v) is 5.50. The van der Waals surface area contributed by atoms with Gasteiger partial charge in [-0.15, -0.1) is 0 Å². The van der Waals surface area contributed by atoms with Crippen LogP contribution in [0.3, 0.4) is 0 Å². The number of rotatable bonds is 6. The predicted molar refractivity (Wildman–Crippen MR) is 79.4 cm³/mol. The number of nitrogens with one attached hydrogen (secondary N) is 2. The Balaban J connectivity index is 1.95. The largest absolute Gasteiger partial charge is 0.370 e. The molecule has 1 aromatic rings. The summed E-state index contributed by atoms with van der Waals surface area (Å²) in [6.07, 6.45) is 5.42. The van der Waals surface area contributed by atoms with Gasteiger partial charge in [0.25, 0.3) is 0 Å². The summed E-state index contributed by atoms with van der Waals surface area (Å²) in [5.74, 6) is 3.34. The van der Waals surface area contributed by atoms with E-state index < -0.39 is 0 Å². The topological polar surface area (TPSA) is 75.9 Å². The van der Waals surface area contributed by atoms with Gasteiger partial charge >= 0.3 is 0 Å². The molecule has 0 saturated heterocycles. The minimum Gasteiger partial charge on any atom is -0.370 e. The molecule has 1 heterocycles. The monoisotopic (exact) mass is 263 g/mol. The van der Waals surface area contributed by atoms with E-state index in [0.717, 1.165) is 29.9 Å². The molecule has 1 aromatic heterocycles. The van der Waals surface area contributed by atoms with Crippen LogP contribution in [0.4, 0.5) is 11.6 Å². The Kier molecular flexibility index (Phi) is 4.96. The molecule has 0 spiro atoms. The van der Waals surface area contributed by atoms with E-state index in [1.807, 2.05) is 19.9 Å². The molecule has 19 heavy (non-hydrogen) atoms. The molecule has 2 rings (SSSR count). The zero-order chi connectivity index (χ0) is 13.7. The summed E-state index contributed by atoms with van der Waals surface area (Å²) in [4.78, 5) is 8.82. The van der Waals surface area contributed by atoms with Crippen molar-refractivity contribution in [1.29, 1.82) is 0 Å². The molecule has 0 amide bonds. The Bertz CT molecular complexity index is 401. The molecule has 0 aromatic carbocycles. The quantitative estimate of drug-likeness (QED) is 0.733. The van der Waals surface area contributed by atoms with Gasteiger partial charge in [-0.05, 0) is 32.6 Å². The molecule has 1 fully saturated rings. The van der Waals surface area contributed by atoms with Gasteiger partial charge in [0.15, 0.2) is 0 Å². The summed E-state index contributed by atoms with van der Waals surface area (Å²) >= 11 is 0. The maximum absolute atomic E-state index is 5.62. The molecule has 1 unspecified atom stereocenters. The van der Waals surface area contributed by atoms with E-state index in [2.05, 4.69) is 20.6 Å². The van der Waals surface area contributed by atoms with Crippen LogP contribution in [0.5, 0.6) is 0 Å². The molecule has 1 aliphatic rings. The molecule has 0 bridgehead atoms. The summed E-state index contributed by atoms with van der Waals surface area (Å²) in [5.41, 5.74) is 5.62. The van der Waals surface area contributed by atoms with Gasteiger partial charge in [0.05, 0.1) is 0 Å². The average molecular weight is 263 g/mol. The highest BCUT2D eigenvalue weighted by Crippen LogP contribution is 2.25. The first-order valence-corrected chi connectivity index (χ1v) is 7.23. The number of aryl methyl sites for hydroxylation is 1. The maximum atomic E-state index is 5.62. The van der Waals surface area contributed by atoms with Crippen LogP contribution in [-0.4, -0.2) is 29.1 Å². The van der Waals surface area contributed by atoms with Crippen LogP contribution in [0.1, 0.15) is 38.4 Å². The molecule has 5 heteroatoms. The van der Waals surface area contributed by atoms with Crippen molar-refractivity contribution in [2.45, 2.75) is 45.6 Å². The average Bonchev–Trinajstić information content (AvgIpc) is 2.88. The SMILES string of the molecule is Cc1nc(NCC2CCCC2)cc(NC(C)CN)n1. The summed E-state index contributed by atoms with van der Waals surface area (Å²) in [7, 11) is 0. The van der Waals surface area contributed by atoms with Crippen molar-refractivity contribution in [3.05, 3.63) is 11.9 Å². The fraction of sp³-hybridized carbons (Fsp3) is 0.714. The molecule has 4 N–H and O–H groups in total. The standard InChI is InChI=1S/C14H25N5/c1-10(8-15)17-14-7-13(18-11(2)19-14)16-9-12-5-3-4-6-12/h7,10,12H,3-6,8-9,15H2,1-2H3,(H2,16,17,18,19). The van der Waals surface area contributed by atoms with Crippen molar-refractivity contribution < 1.29 is 0 Å². The highest BCUT2D eigenvalue weighted by atomic mass is 15.1.